The molecule has 0 bridgehead atoms. The van der Waals surface area contributed by atoms with Crippen LogP contribution in [0.2, 0.25) is 0 Å². The minimum Gasteiger partial charge on any atom is -0.396 e. The number of hydrogen-bond donors (Lipinski definition) is 1. The van der Waals surface area contributed by atoms with Gasteiger partial charge < -0.3 is 15.4 Å². The van der Waals surface area contributed by atoms with Crippen molar-refractivity contribution in [2.24, 2.45) is 0 Å². The van der Waals surface area contributed by atoms with Gasteiger partial charge in [0.2, 0.25) is 0 Å². The summed E-state index contributed by atoms with van der Waals surface area (Å²) in [6.45, 7) is 2.29. The van der Waals surface area contributed by atoms with Crippen LogP contribution < -0.4 is 5.73 Å². The maximum absolute atomic E-state index is 13.2. The first-order valence-corrected chi connectivity index (χ1v) is 5.28. The van der Waals surface area contributed by atoms with E-state index in [0.29, 0.717) is 6.61 Å². The summed E-state index contributed by atoms with van der Waals surface area (Å²) in [6.07, 6.45) is 0. The molecule has 2 N–H and O–H groups in total. The van der Waals surface area contributed by atoms with E-state index in [1.165, 1.54) is 17.0 Å². The Morgan fingerprint density at radius 1 is 1.59 bits per heavy atom. The van der Waals surface area contributed by atoms with Crippen molar-refractivity contribution in [1.29, 1.82) is 0 Å². The lowest BCUT2D eigenvalue weighted by Gasteiger charge is -2.24. The summed E-state index contributed by atoms with van der Waals surface area (Å²) < 4.78 is 18.2. The van der Waals surface area contributed by atoms with E-state index in [9.17, 15) is 9.18 Å². The molecule has 1 aromatic rings. The van der Waals surface area contributed by atoms with Crippen molar-refractivity contribution in [1.82, 2.24) is 4.90 Å². The van der Waals surface area contributed by atoms with Crippen LogP contribution in [0, 0.1) is 5.82 Å². The van der Waals surface area contributed by atoms with Crippen LogP contribution >= 0.6 is 0 Å². The Bertz CT molecular complexity index is 409. The largest absolute Gasteiger partial charge is 0.396 e. The first-order valence-electron chi connectivity index (χ1n) is 5.28. The highest BCUT2D eigenvalue weighted by molar-refractivity contribution is 5.94. The number of nitrogens with two attached hydrogens (primary N) is 1. The van der Waals surface area contributed by atoms with Gasteiger partial charge in [0.15, 0.2) is 0 Å². The Labute approximate surface area is 100 Å². The standard InChI is InChI=1S/C12H17FN2O2/c1-8(7-17-3)15(2)12(16)9-4-5-11(14)10(13)6-9/h4-6,8H,7,14H2,1-3H3. The molecule has 1 amide bonds. The molecule has 0 aliphatic rings. The van der Waals surface area contributed by atoms with Crippen molar-refractivity contribution in [3.8, 4) is 0 Å². The number of amides is 1. The van der Waals surface area contributed by atoms with E-state index in [0.717, 1.165) is 6.07 Å². The van der Waals surface area contributed by atoms with Crippen LogP contribution in [-0.4, -0.2) is 37.6 Å². The quantitative estimate of drug-likeness (QED) is 0.812. The summed E-state index contributed by atoms with van der Waals surface area (Å²) in [5.41, 5.74) is 5.67. The Kier molecular flexibility index (Phi) is 4.45. The van der Waals surface area contributed by atoms with Crippen LogP contribution in [0.15, 0.2) is 18.2 Å². The number of likely N-dealkylation sites (N-methyl/N-ethyl adjacent to an activating group) is 1. The van der Waals surface area contributed by atoms with Gasteiger partial charge in [-0.3, -0.25) is 4.79 Å². The average molecular weight is 240 g/mol. The van der Waals surface area contributed by atoms with Gasteiger partial charge in [0, 0.05) is 19.7 Å². The second-order valence-electron chi connectivity index (χ2n) is 3.96. The van der Waals surface area contributed by atoms with Crippen molar-refractivity contribution in [3.05, 3.63) is 29.6 Å². The van der Waals surface area contributed by atoms with Gasteiger partial charge in [-0.05, 0) is 25.1 Å². The molecular weight excluding hydrogens is 223 g/mol. The minimum absolute atomic E-state index is 0.0362. The topological polar surface area (TPSA) is 55.6 Å². The normalized spacial score (nSPS) is 12.2. The summed E-state index contributed by atoms with van der Waals surface area (Å²) in [5.74, 6) is -0.836. The van der Waals surface area contributed by atoms with Crippen LogP contribution in [0.4, 0.5) is 10.1 Å². The fourth-order valence-electron chi connectivity index (χ4n) is 1.42. The first-order chi connectivity index (χ1) is 7.97. The molecule has 5 heteroatoms. The Morgan fingerprint density at radius 2 is 2.24 bits per heavy atom. The van der Waals surface area contributed by atoms with Gasteiger partial charge in [0.05, 0.1) is 18.3 Å². The van der Waals surface area contributed by atoms with E-state index in [-0.39, 0.29) is 23.2 Å². The molecule has 0 saturated carbocycles. The van der Waals surface area contributed by atoms with Gasteiger partial charge in [-0.1, -0.05) is 0 Å². The van der Waals surface area contributed by atoms with Crippen LogP contribution in [0.25, 0.3) is 0 Å². The van der Waals surface area contributed by atoms with Gasteiger partial charge in [-0.25, -0.2) is 4.39 Å². The van der Waals surface area contributed by atoms with Crippen LogP contribution in [0.3, 0.4) is 0 Å². The molecule has 0 aromatic heterocycles. The van der Waals surface area contributed by atoms with E-state index in [1.807, 2.05) is 6.92 Å². The zero-order valence-electron chi connectivity index (χ0n) is 10.2. The number of nitrogen functional groups attached to an aromatic ring is 1. The maximum Gasteiger partial charge on any atom is 0.254 e. The molecule has 17 heavy (non-hydrogen) atoms. The van der Waals surface area contributed by atoms with Crippen molar-refractivity contribution >= 4 is 11.6 Å². The van der Waals surface area contributed by atoms with E-state index in [2.05, 4.69) is 0 Å². The molecule has 94 valence electrons. The van der Waals surface area contributed by atoms with E-state index in [4.69, 9.17) is 10.5 Å². The highest BCUT2D eigenvalue weighted by atomic mass is 19.1. The van der Waals surface area contributed by atoms with Crippen LogP contribution in [0.1, 0.15) is 17.3 Å². The lowest BCUT2D eigenvalue weighted by Crippen LogP contribution is -2.37. The zero-order chi connectivity index (χ0) is 13.0. The fourth-order valence-corrected chi connectivity index (χ4v) is 1.42. The number of benzene rings is 1. The maximum atomic E-state index is 13.2. The first kappa shape index (κ1) is 13.4. The molecule has 0 saturated heterocycles. The summed E-state index contributed by atoms with van der Waals surface area (Å²) in [7, 11) is 3.22. The predicted molar refractivity (Wildman–Crippen MR) is 64.2 cm³/mol. The number of nitrogens with zero attached hydrogens (tertiary/aromatic N) is 1. The number of anilines is 1. The Morgan fingerprint density at radius 3 is 2.76 bits per heavy atom. The van der Waals surface area contributed by atoms with Crippen molar-refractivity contribution < 1.29 is 13.9 Å². The molecule has 1 unspecified atom stereocenters. The summed E-state index contributed by atoms with van der Waals surface area (Å²) in [4.78, 5) is 13.5. The van der Waals surface area contributed by atoms with Crippen molar-refractivity contribution in [3.63, 3.8) is 0 Å². The molecular formula is C12H17FN2O2. The lowest BCUT2D eigenvalue weighted by atomic mass is 10.1. The summed E-state index contributed by atoms with van der Waals surface area (Å²) >= 11 is 0. The highest BCUT2D eigenvalue weighted by Crippen LogP contribution is 2.14. The number of carbonyl (C=O) groups excluding carboxylic acids is 1. The number of hydrogen-bond acceptors (Lipinski definition) is 3. The SMILES string of the molecule is COCC(C)N(C)C(=O)c1ccc(N)c(F)c1. The van der Waals surface area contributed by atoms with Gasteiger partial charge in [-0.2, -0.15) is 0 Å². The molecule has 0 fully saturated rings. The van der Waals surface area contributed by atoms with Crippen LogP contribution in [-0.2, 0) is 4.74 Å². The number of ether oxygens (including phenoxy) is 1. The highest BCUT2D eigenvalue weighted by Gasteiger charge is 2.18. The molecule has 4 nitrogen and oxygen atoms in total. The minimum atomic E-state index is -0.580. The number of methoxy groups -OCH3 is 1. The molecule has 0 aliphatic carbocycles. The van der Waals surface area contributed by atoms with E-state index < -0.39 is 5.82 Å². The molecule has 1 atom stereocenters. The lowest BCUT2D eigenvalue weighted by molar-refractivity contribution is 0.0633. The smallest absolute Gasteiger partial charge is 0.254 e. The van der Waals surface area contributed by atoms with Gasteiger partial charge in [0.1, 0.15) is 5.82 Å². The van der Waals surface area contributed by atoms with Gasteiger partial charge >= 0.3 is 0 Å². The Balaban J connectivity index is 2.85. The third-order valence-electron chi connectivity index (χ3n) is 2.64. The fraction of sp³-hybridized carbons (Fsp3) is 0.417. The molecule has 1 aromatic carbocycles. The number of carbonyl (C=O) groups is 1. The Hall–Kier alpha value is -1.62. The van der Waals surface area contributed by atoms with Gasteiger partial charge in [-0.15, -0.1) is 0 Å². The third-order valence-corrected chi connectivity index (χ3v) is 2.64. The molecule has 0 spiro atoms. The second kappa shape index (κ2) is 5.63. The zero-order valence-corrected chi connectivity index (χ0v) is 10.2. The summed E-state index contributed by atoms with van der Waals surface area (Å²) in [6, 6.07) is 3.97. The van der Waals surface area contributed by atoms with E-state index >= 15 is 0 Å². The second-order valence-corrected chi connectivity index (χ2v) is 3.96. The average Bonchev–Trinajstić information content (AvgIpc) is 2.31. The molecule has 0 heterocycles. The number of rotatable bonds is 4. The van der Waals surface area contributed by atoms with Gasteiger partial charge in [0.25, 0.3) is 5.91 Å². The van der Waals surface area contributed by atoms with E-state index in [1.54, 1.807) is 14.2 Å². The van der Waals surface area contributed by atoms with Crippen LogP contribution in [0.5, 0.6) is 0 Å². The van der Waals surface area contributed by atoms with Crippen molar-refractivity contribution in [2.45, 2.75) is 13.0 Å². The molecule has 0 aliphatic heterocycles. The number of halogens is 1. The predicted octanol–water partition coefficient (Wildman–Crippen LogP) is 1.51. The third kappa shape index (κ3) is 3.17. The molecule has 1 rings (SSSR count). The monoisotopic (exact) mass is 240 g/mol. The van der Waals surface area contributed by atoms with Crippen molar-refractivity contribution in [2.75, 3.05) is 26.5 Å². The summed E-state index contributed by atoms with van der Waals surface area (Å²) in [5, 5.41) is 0. The molecule has 0 radical (unpaired) electrons.